The van der Waals surface area contributed by atoms with Gasteiger partial charge in [0.05, 0.1) is 12.5 Å². The molecular weight excluding hydrogens is 364 g/mol. The number of rotatable bonds is 5. The van der Waals surface area contributed by atoms with Crippen LogP contribution < -0.4 is 9.47 Å². The number of aromatic nitrogens is 4. The van der Waals surface area contributed by atoms with Gasteiger partial charge in [-0.1, -0.05) is 12.1 Å². The lowest BCUT2D eigenvalue weighted by Crippen LogP contribution is -1.96. The van der Waals surface area contributed by atoms with E-state index < -0.39 is 0 Å². The summed E-state index contributed by atoms with van der Waals surface area (Å²) >= 11 is 1.58. The summed E-state index contributed by atoms with van der Waals surface area (Å²) in [5.41, 5.74) is 0.763. The average Bonchev–Trinajstić information content (AvgIpc) is 3.44. The topological polar surface area (TPSA) is 74.7 Å². The van der Waals surface area contributed by atoms with Gasteiger partial charge < -0.3 is 13.9 Å². The van der Waals surface area contributed by atoms with Crippen molar-refractivity contribution in [2.24, 2.45) is 0 Å². The molecule has 0 N–H and O–H groups in total. The number of nitrogens with zero attached hydrogens (tertiary/aromatic N) is 4. The van der Waals surface area contributed by atoms with E-state index in [4.69, 9.17) is 13.9 Å². The largest absolute Gasteiger partial charge is 0.493 e. The van der Waals surface area contributed by atoms with Crippen molar-refractivity contribution in [3.05, 3.63) is 59.9 Å². The third-order valence-electron chi connectivity index (χ3n) is 4.12. The molecule has 0 aliphatic rings. The number of ether oxygens (including phenoxy) is 2. The Bertz CT molecular complexity index is 1240. The molecule has 4 heterocycles. The van der Waals surface area contributed by atoms with Crippen LogP contribution in [0, 0.1) is 0 Å². The van der Waals surface area contributed by atoms with Gasteiger partial charge >= 0.3 is 0 Å². The molecule has 4 aromatic heterocycles. The average molecular weight is 378 g/mol. The normalized spacial score (nSPS) is 11.3. The Hall–Kier alpha value is -3.39. The lowest BCUT2D eigenvalue weighted by molar-refractivity contribution is 0.257. The van der Waals surface area contributed by atoms with Gasteiger partial charge in [-0.25, -0.2) is 14.5 Å². The molecule has 0 amide bonds. The van der Waals surface area contributed by atoms with Crippen molar-refractivity contribution in [1.29, 1.82) is 0 Å². The monoisotopic (exact) mass is 378 g/mol. The minimum Gasteiger partial charge on any atom is -0.493 e. The zero-order valence-electron chi connectivity index (χ0n) is 14.3. The van der Waals surface area contributed by atoms with Crippen molar-refractivity contribution in [3.8, 4) is 23.1 Å². The van der Waals surface area contributed by atoms with Crippen LogP contribution in [-0.4, -0.2) is 26.7 Å². The highest BCUT2D eigenvalue weighted by Gasteiger charge is 2.14. The maximum Gasteiger partial charge on any atom is 0.217 e. The number of methoxy groups -OCH3 is 1. The van der Waals surface area contributed by atoms with Gasteiger partial charge in [-0.15, -0.1) is 16.4 Å². The van der Waals surface area contributed by atoms with E-state index in [0.717, 1.165) is 15.9 Å². The maximum absolute atomic E-state index is 5.87. The Morgan fingerprint density at radius 2 is 2.00 bits per heavy atom. The van der Waals surface area contributed by atoms with Gasteiger partial charge in [0, 0.05) is 0 Å². The molecule has 5 aromatic rings. The molecule has 134 valence electrons. The lowest BCUT2D eigenvalue weighted by Gasteiger charge is -2.08. The highest BCUT2D eigenvalue weighted by Crippen LogP contribution is 2.28. The summed E-state index contributed by atoms with van der Waals surface area (Å²) in [4.78, 5) is 9.92. The number of hydrogen-bond donors (Lipinski definition) is 0. The fourth-order valence-corrected chi connectivity index (χ4v) is 3.56. The number of hydrogen-bond acceptors (Lipinski definition) is 7. The number of benzene rings is 1. The lowest BCUT2D eigenvalue weighted by atomic mass is 10.3. The number of furan rings is 1. The van der Waals surface area contributed by atoms with Crippen molar-refractivity contribution >= 4 is 27.2 Å². The molecule has 8 heteroatoms. The van der Waals surface area contributed by atoms with Crippen molar-refractivity contribution in [2.75, 3.05) is 7.11 Å². The molecule has 0 unspecified atom stereocenters. The molecule has 0 bridgehead atoms. The summed E-state index contributed by atoms with van der Waals surface area (Å²) in [6, 6.07) is 13.2. The second-order valence-electron chi connectivity index (χ2n) is 5.79. The quantitative estimate of drug-likeness (QED) is 0.457. The Balaban J connectivity index is 1.41. The zero-order valence-corrected chi connectivity index (χ0v) is 15.1. The molecule has 0 atom stereocenters. The van der Waals surface area contributed by atoms with E-state index in [9.17, 15) is 0 Å². The molecule has 27 heavy (non-hydrogen) atoms. The van der Waals surface area contributed by atoms with Gasteiger partial charge in [-0.05, 0) is 35.7 Å². The Morgan fingerprint density at radius 1 is 1.11 bits per heavy atom. The summed E-state index contributed by atoms with van der Waals surface area (Å²) in [5.74, 6) is 3.11. The fourth-order valence-electron chi connectivity index (χ4n) is 2.83. The van der Waals surface area contributed by atoms with Crippen LogP contribution in [0.3, 0.4) is 0 Å². The van der Waals surface area contributed by atoms with Gasteiger partial charge in [0.25, 0.3) is 0 Å². The maximum atomic E-state index is 5.87. The van der Waals surface area contributed by atoms with Crippen LogP contribution in [0.15, 0.2) is 58.6 Å². The zero-order chi connectivity index (χ0) is 18.2. The Labute approximate surface area is 157 Å². The summed E-state index contributed by atoms with van der Waals surface area (Å²) < 4.78 is 18.6. The summed E-state index contributed by atoms with van der Waals surface area (Å²) in [5, 5.41) is 7.44. The number of para-hydroxylation sites is 2. The molecule has 0 aliphatic carbocycles. The molecule has 7 nitrogen and oxygen atoms in total. The second-order valence-corrected chi connectivity index (χ2v) is 6.69. The van der Waals surface area contributed by atoms with Crippen LogP contribution in [0.25, 0.3) is 27.4 Å². The first kappa shape index (κ1) is 15.8. The van der Waals surface area contributed by atoms with Crippen molar-refractivity contribution in [1.82, 2.24) is 19.6 Å². The molecule has 5 rings (SSSR count). The predicted octanol–water partition coefficient (Wildman–Crippen LogP) is 4.19. The van der Waals surface area contributed by atoms with Gasteiger partial charge in [-0.2, -0.15) is 0 Å². The van der Waals surface area contributed by atoms with E-state index in [1.54, 1.807) is 29.3 Å². The van der Waals surface area contributed by atoms with Gasteiger partial charge in [0.15, 0.2) is 22.9 Å². The highest BCUT2D eigenvalue weighted by atomic mass is 32.1. The van der Waals surface area contributed by atoms with Crippen LogP contribution >= 0.6 is 11.3 Å². The van der Waals surface area contributed by atoms with Crippen molar-refractivity contribution < 1.29 is 13.9 Å². The third-order valence-corrected chi connectivity index (χ3v) is 4.94. The summed E-state index contributed by atoms with van der Waals surface area (Å²) in [6.45, 7) is 0.282. The van der Waals surface area contributed by atoms with Crippen LogP contribution in [0.2, 0.25) is 0 Å². The van der Waals surface area contributed by atoms with E-state index in [1.165, 1.54) is 0 Å². The van der Waals surface area contributed by atoms with Crippen molar-refractivity contribution in [3.63, 3.8) is 0 Å². The van der Waals surface area contributed by atoms with E-state index in [2.05, 4.69) is 15.1 Å². The van der Waals surface area contributed by atoms with Crippen LogP contribution in [0.1, 0.15) is 5.76 Å². The van der Waals surface area contributed by atoms with Crippen molar-refractivity contribution in [2.45, 2.75) is 6.61 Å². The molecule has 0 fully saturated rings. The molecular formula is C19H14N4O3S. The van der Waals surface area contributed by atoms with E-state index in [1.807, 2.05) is 47.8 Å². The molecule has 0 saturated heterocycles. The molecule has 0 saturated carbocycles. The third kappa shape index (κ3) is 2.80. The minimum absolute atomic E-state index is 0.282. The Kier molecular flexibility index (Phi) is 3.75. The molecule has 1 aromatic carbocycles. The smallest absolute Gasteiger partial charge is 0.217 e. The summed E-state index contributed by atoms with van der Waals surface area (Å²) in [7, 11) is 1.61. The van der Waals surface area contributed by atoms with Crippen LogP contribution in [0.4, 0.5) is 0 Å². The predicted molar refractivity (Wildman–Crippen MR) is 101 cm³/mol. The van der Waals surface area contributed by atoms with Gasteiger partial charge in [0.2, 0.25) is 5.82 Å². The van der Waals surface area contributed by atoms with E-state index in [0.29, 0.717) is 28.8 Å². The Morgan fingerprint density at radius 3 is 2.89 bits per heavy atom. The van der Waals surface area contributed by atoms with Crippen LogP contribution in [0.5, 0.6) is 11.5 Å². The molecule has 0 aliphatic heterocycles. The first-order chi connectivity index (χ1) is 13.3. The summed E-state index contributed by atoms with van der Waals surface area (Å²) in [6.07, 6.45) is 1.67. The number of thiophene rings is 1. The fraction of sp³-hybridized carbons (Fsp3) is 0.105. The van der Waals surface area contributed by atoms with E-state index in [-0.39, 0.29) is 6.61 Å². The standard InChI is InChI=1S/C19H14N4O3S/c1-24-14-4-2-3-5-15(14)25-10-12-6-7-16(26-12)17-21-18-13-8-9-27-19(13)20-11-23(18)22-17/h2-9,11H,10H2,1H3. The SMILES string of the molecule is COc1ccccc1OCc1ccc(-c2nc3c4ccsc4ncn3n2)o1. The van der Waals surface area contributed by atoms with E-state index >= 15 is 0 Å². The molecule has 0 radical (unpaired) electrons. The first-order valence-corrected chi connectivity index (χ1v) is 9.13. The molecule has 0 spiro atoms. The second kappa shape index (κ2) is 6.40. The van der Waals surface area contributed by atoms with Gasteiger partial charge in [0.1, 0.15) is 23.5 Å². The first-order valence-electron chi connectivity index (χ1n) is 8.25. The highest BCUT2D eigenvalue weighted by molar-refractivity contribution is 7.16. The number of fused-ring (bicyclic) bond motifs is 3. The minimum atomic E-state index is 0.282. The van der Waals surface area contributed by atoms with Crippen LogP contribution in [-0.2, 0) is 6.61 Å². The van der Waals surface area contributed by atoms with Gasteiger partial charge in [-0.3, -0.25) is 0 Å².